The van der Waals surface area contributed by atoms with E-state index >= 15 is 0 Å². The molecule has 2 atom stereocenters. The molecular weight excluding hydrogens is 324 g/mol. The maximum atomic E-state index is 11.9. The fourth-order valence-electron chi connectivity index (χ4n) is 3.63. The average molecular weight is 346 g/mol. The van der Waals surface area contributed by atoms with Crippen molar-refractivity contribution in [1.29, 1.82) is 5.26 Å². The van der Waals surface area contributed by atoms with Crippen LogP contribution in [-0.4, -0.2) is 20.1 Å². The van der Waals surface area contributed by atoms with E-state index in [0.717, 1.165) is 12.1 Å². The molecule has 0 fully saturated rings. The highest BCUT2D eigenvalue weighted by Gasteiger charge is 2.33. The number of carbonyl (C=O) groups excluding carboxylic acids is 1. The molecule has 0 spiro atoms. The second kappa shape index (κ2) is 7.88. The SMILES string of the molecule is COC(=O)C[C@@H]1c2ccccc2C[C@H]1/C=C(\C#N)N(C)c1ccccc1. The fourth-order valence-corrected chi connectivity index (χ4v) is 3.63. The van der Waals surface area contributed by atoms with Crippen LogP contribution >= 0.6 is 0 Å². The molecule has 0 saturated heterocycles. The lowest BCUT2D eigenvalue weighted by atomic mass is 9.88. The van der Waals surface area contributed by atoms with Gasteiger partial charge in [0.2, 0.25) is 0 Å². The molecule has 2 aromatic rings. The van der Waals surface area contributed by atoms with Crippen molar-refractivity contribution in [2.45, 2.75) is 18.8 Å². The Morgan fingerprint density at radius 1 is 1.23 bits per heavy atom. The Kier molecular flexibility index (Phi) is 5.38. The molecule has 1 aliphatic rings. The summed E-state index contributed by atoms with van der Waals surface area (Å²) >= 11 is 0. The van der Waals surface area contributed by atoms with Gasteiger partial charge in [0.05, 0.1) is 13.5 Å². The lowest BCUT2D eigenvalue weighted by Crippen LogP contribution is -2.18. The molecule has 4 nitrogen and oxygen atoms in total. The zero-order valence-corrected chi connectivity index (χ0v) is 15.1. The molecule has 0 amide bonds. The number of benzene rings is 2. The molecule has 4 heteroatoms. The van der Waals surface area contributed by atoms with Crippen LogP contribution in [0.4, 0.5) is 5.69 Å². The Bertz CT molecular complexity index is 852. The summed E-state index contributed by atoms with van der Waals surface area (Å²) < 4.78 is 4.89. The maximum Gasteiger partial charge on any atom is 0.306 e. The van der Waals surface area contributed by atoms with Crippen molar-refractivity contribution in [1.82, 2.24) is 0 Å². The van der Waals surface area contributed by atoms with Crippen molar-refractivity contribution in [2.75, 3.05) is 19.1 Å². The number of anilines is 1. The summed E-state index contributed by atoms with van der Waals surface area (Å²) in [6.45, 7) is 0. The first kappa shape index (κ1) is 17.8. The van der Waals surface area contributed by atoms with Gasteiger partial charge in [0.25, 0.3) is 0 Å². The highest BCUT2D eigenvalue weighted by Crippen LogP contribution is 2.41. The van der Waals surface area contributed by atoms with E-state index in [1.165, 1.54) is 18.2 Å². The molecule has 26 heavy (non-hydrogen) atoms. The van der Waals surface area contributed by atoms with E-state index in [1.54, 1.807) is 0 Å². The van der Waals surface area contributed by atoms with E-state index in [2.05, 4.69) is 18.2 Å². The molecule has 1 aliphatic carbocycles. The normalized spacial score (nSPS) is 18.7. The van der Waals surface area contributed by atoms with E-state index < -0.39 is 0 Å². The largest absolute Gasteiger partial charge is 0.469 e. The molecule has 2 aromatic carbocycles. The Morgan fingerprint density at radius 2 is 1.92 bits per heavy atom. The van der Waals surface area contributed by atoms with Crippen LogP contribution in [0.25, 0.3) is 0 Å². The van der Waals surface area contributed by atoms with Gasteiger partial charge in [0.15, 0.2) is 0 Å². The van der Waals surface area contributed by atoms with Crippen LogP contribution in [0.3, 0.4) is 0 Å². The molecule has 0 heterocycles. The minimum absolute atomic E-state index is 0.0335. The highest BCUT2D eigenvalue weighted by atomic mass is 16.5. The van der Waals surface area contributed by atoms with Crippen molar-refractivity contribution in [2.24, 2.45) is 5.92 Å². The summed E-state index contributed by atoms with van der Waals surface area (Å²) in [4.78, 5) is 13.8. The van der Waals surface area contributed by atoms with E-state index in [0.29, 0.717) is 12.1 Å². The zero-order chi connectivity index (χ0) is 18.5. The summed E-state index contributed by atoms with van der Waals surface area (Å²) in [6.07, 6.45) is 3.15. The number of allylic oxidation sites excluding steroid dienone is 2. The number of methoxy groups -OCH3 is 1. The van der Waals surface area contributed by atoms with Crippen molar-refractivity contribution in [3.05, 3.63) is 77.5 Å². The summed E-state index contributed by atoms with van der Waals surface area (Å²) in [6, 6.07) is 20.3. The van der Waals surface area contributed by atoms with Gasteiger partial charge in [-0.1, -0.05) is 42.5 Å². The first-order valence-electron chi connectivity index (χ1n) is 8.69. The first-order valence-corrected chi connectivity index (χ1v) is 8.69. The molecule has 132 valence electrons. The molecule has 0 unspecified atom stereocenters. The molecular formula is C22H22N2O2. The minimum atomic E-state index is -0.222. The number of fused-ring (bicyclic) bond motifs is 1. The second-order valence-electron chi connectivity index (χ2n) is 6.51. The van der Waals surface area contributed by atoms with Gasteiger partial charge in [0, 0.05) is 18.7 Å². The second-order valence-corrected chi connectivity index (χ2v) is 6.51. The number of esters is 1. The average Bonchev–Trinajstić information content (AvgIpc) is 3.03. The van der Waals surface area contributed by atoms with Crippen LogP contribution in [0, 0.1) is 17.2 Å². The lowest BCUT2D eigenvalue weighted by molar-refractivity contribution is -0.141. The number of para-hydroxylation sites is 1. The topological polar surface area (TPSA) is 53.3 Å². The third-order valence-corrected chi connectivity index (χ3v) is 5.03. The molecule has 0 aromatic heterocycles. The van der Waals surface area contributed by atoms with Crippen LogP contribution in [0.2, 0.25) is 0 Å². The fraction of sp³-hybridized carbons (Fsp3) is 0.273. The van der Waals surface area contributed by atoms with Crippen LogP contribution in [0.1, 0.15) is 23.5 Å². The summed E-state index contributed by atoms with van der Waals surface area (Å²) in [7, 11) is 3.31. The molecule has 0 aliphatic heterocycles. The van der Waals surface area contributed by atoms with E-state index in [4.69, 9.17) is 4.74 Å². The standard InChI is InChI=1S/C22H22N2O2/c1-24(18-9-4-3-5-10-18)19(15-23)13-17-12-16-8-6-7-11-20(16)21(17)14-22(25)26-2/h3-11,13,17,21H,12,14H2,1-2H3/b19-13+/t17-,21-/m0/s1. The lowest BCUT2D eigenvalue weighted by Gasteiger charge is -2.21. The van der Waals surface area contributed by atoms with Gasteiger partial charge in [0.1, 0.15) is 11.8 Å². The number of ether oxygens (including phenoxy) is 1. The number of hydrogen-bond donors (Lipinski definition) is 0. The van der Waals surface area contributed by atoms with Gasteiger partial charge in [-0.25, -0.2) is 0 Å². The molecule has 0 bridgehead atoms. The number of carbonyl (C=O) groups is 1. The quantitative estimate of drug-likeness (QED) is 0.605. The predicted octanol–water partition coefficient (Wildman–Crippen LogP) is 4.05. The first-order chi connectivity index (χ1) is 12.6. The molecule has 0 N–H and O–H groups in total. The van der Waals surface area contributed by atoms with Crippen molar-refractivity contribution >= 4 is 11.7 Å². The summed E-state index contributed by atoms with van der Waals surface area (Å²) in [5, 5.41) is 9.70. The third-order valence-electron chi connectivity index (χ3n) is 5.03. The molecule has 0 saturated carbocycles. The van der Waals surface area contributed by atoms with Gasteiger partial charge in [-0.05, 0) is 41.7 Å². The molecule has 3 rings (SSSR count). The van der Waals surface area contributed by atoms with Crippen LogP contribution < -0.4 is 4.90 Å². The van der Waals surface area contributed by atoms with Crippen LogP contribution in [0.15, 0.2) is 66.4 Å². The van der Waals surface area contributed by atoms with E-state index in [9.17, 15) is 10.1 Å². The number of rotatable bonds is 5. The number of nitrogens with zero attached hydrogens (tertiary/aromatic N) is 2. The van der Waals surface area contributed by atoms with Gasteiger partial charge in [-0.15, -0.1) is 0 Å². The Morgan fingerprint density at radius 3 is 2.62 bits per heavy atom. The predicted molar refractivity (Wildman–Crippen MR) is 102 cm³/mol. The summed E-state index contributed by atoms with van der Waals surface area (Å²) in [5.74, 6) is -0.0986. The zero-order valence-electron chi connectivity index (χ0n) is 15.1. The maximum absolute atomic E-state index is 11.9. The van der Waals surface area contributed by atoms with Crippen LogP contribution in [0.5, 0.6) is 0 Å². The van der Waals surface area contributed by atoms with E-state index in [1.807, 2.05) is 60.5 Å². The molecule has 0 radical (unpaired) electrons. The Balaban J connectivity index is 1.92. The van der Waals surface area contributed by atoms with Crippen LogP contribution in [-0.2, 0) is 16.0 Å². The van der Waals surface area contributed by atoms with Crippen molar-refractivity contribution < 1.29 is 9.53 Å². The van der Waals surface area contributed by atoms with Gasteiger partial charge < -0.3 is 9.64 Å². The van der Waals surface area contributed by atoms with Crippen molar-refractivity contribution in [3.8, 4) is 6.07 Å². The Hall–Kier alpha value is -3.06. The number of nitriles is 1. The highest BCUT2D eigenvalue weighted by molar-refractivity contribution is 5.71. The van der Waals surface area contributed by atoms with Crippen molar-refractivity contribution in [3.63, 3.8) is 0 Å². The minimum Gasteiger partial charge on any atom is -0.469 e. The van der Waals surface area contributed by atoms with Gasteiger partial charge in [-0.3, -0.25) is 4.79 Å². The summed E-state index contributed by atoms with van der Waals surface area (Å²) in [5.41, 5.74) is 3.96. The third kappa shape index (κ3) is 3.62. The monoisotopic (exact) mass is 346 g/mol. The van der Waals surface area contributed by atoms with Gasteiger partial charge >= 0.3 is 5.97 Å². The smallest absolute Gasteiger partial charge is 0.306 e. The Labute approximate surface area is 154 Å². The van der Waals surface area contributed by atoms with E-state index in [-0.39, 0.29) is 17.8 Å². The number of hydrogen-bond acceptors (Lipinski definition) is 4. The van der Waals surface area contributed by atoms with Gasteiger partial charge in [-0.2, -0.15) is 5.26 Å².